The van der Waals surface area contributed by atoms with Gasteiger partial charge >= 0.3 is 11.9 Å². The van der Waals surface area contributed by atoms with Crippen LogP contribution in [0.4, 0.5) is 11.6 Å². The summed E-state index contributed by atoms with van der Waals surface area (Å²) in [6, 6.07) is 9.46. The molecule has 1 N–H and O–H groups in total. The molecule has 126 valence electrons. The second-order valence-corrected chi connectivity index (χ2v) is 5.26. The molecule has 0 unspecified atom stereocenters. The minimum Gasteiger partial charge on any atom is -0.450 e. The molecular weight excluding hydrogens is 316 g/mol. The molecule has 24 heavy (non-hydrogen) atoms. The molecule has 0 saturated carbocycles. The van der Waals surface area contributed by atoms with E-state index in [2.05, 4.69) is 5.32 Å². The monoisotopic (exact) mass is 332 g/mol. The van der Waals surface area contributed by atoms with Gasteiger partial charge in [0.05, 0.1) is 6.07 Å². The average molecular weight is 332 g/mol. The smallest absolute Gasteiger partial charge is 0.433 e. The average Bonchev–Trinajstić information content (AvgIpc) is 3.03. The van der Waals surface area contributed by atoms with Crippen molar-refractivity contribution in [1.29, 1.82) is 0 Å². The Balaban J connectivity index is 1.93. The Labute approximate surface area is 137 Å². The normalized spacial score (nSPS) is 10.5. The summed E-state index contributed by atoms with van der Waals surface area (Å²) in [5.74, 6) is -2.16. The number of carbonyl (C=O) groups is 2. The lowest BCUT2D eigenvalue weighted by atomic mass is 10.0. The van der Waals surface area contributed by atoms with Crippen molar-refractivity contribution in [3.05, 3.63) is 57.8 Å². The summed E-state index contributed by atoms with van der Waals surface area (Å²) in [6.45, 7) is 3.46. The third-order valence-electron chi connectivity index (χ3n) is 3.16. The molecule has 1 amide bonds. The zero-order valence-corrected chi connectivity index (χ0v) is 13.1. The van der Waals surface area contributed by atoms with Crippen molar-refractivity contribution in [3.63, 3.8) is 0 Å². The lowest BCUT2D eigenvalue weighted by Gasteiger charge is -2.13. The summed E-state index contributed by atoms with van der Waals surface area (Å²) in [4.78, 5) is 33.3. The fraction of sp³-hybridized carbons (Fsp3) is 0.250. The van der Waals surface area contributed by atoms with Gasteiger partial charge in [0.2, 0.25) is 5.76 Å². The lowest BCUT2D eigenvalue weighted by Crippen LogP contribution is -2.21. The number of rotatable bonds is 6. The molecule has 0 aliphatic carbocycles. The van der Waals surface area contributed by atoms with Gasteiger partial charge in [-0.25, -0.2) is 4.79 Å². The molecule has 0 spiro atoms. The van der Waals surface area contributed by atoms with E-state index >= 15 is 0 Å². The first-order valence-electron chi connectivity index (χ1n) is 7.18. The van der Waals surface area contributed by atoms with E-state index in [1.165, 1.54) is 0 Å². The Morgan fingerprint density at radius 2 is 1.96 bits per heavy atom. The van der Waals surface area contributed by atoms with E-state index in [1.54, 1.807) is 12.1 Å². The maximum absolute atomic E-state index is 11.9. The number of carbonyl (C=O) groups excluding carboxylic acids is 2. The highest BCUT2D eigenvalue weighted by molar-refractivity contribution is 5.95. The van der Waals surface area contributed by atoms with E-state index in [0.717, 1.165) is 17.7 Å². The van der Waals surface area contributed by atoms with Gasteiger partial charge in [-0.05, 0) is 23.6 Å². The minimum atomic E-state index is -0.949. The fourth-order valence-electron chi connectivity index (χ4n) is 2.04. The van der Waals surface area contributed by atoms with Gasteiger partial charge < -0.3 is 14.5 Å². The number of esters is 1. The topological polar surface area (TPSA) is 112 Å². The molecule has 0 atom stereocenters. The van der Waals surface area contributed by atoms with Crippen LogP contribution in [0.3, 0.4) is 0 Å². The van der Waals surface area contributed by atoms with E-state index in [1.807, 2.05) is 26.0 Å². The predicted octanol–water partition coefficient (Wildman–Crippen LogP) is 3.11. The standard InChI is InChI=1S/C16H16N2O6/c1-10(2)11-5-3-4-6-12(11)17-14(19)9-23-16(20)13-7-8-15(24-13)18(21)22/h3-8,10H,9H2,1-2H3,(H,17,19). The predicted molar refractivity (Wildman–Crippen MR) is 84.8 cm³/mol. The summed E-state index contributed by atoms with van der Waals surface area (Å²) in [5, 5.41) is 13.2. The first-order valence-corrected chi connectivity index (χ1v) is 7.18. The molecular formula is C16H16N2O6. The fourth-order valence-corrected chi connectivity index (χ4v) is 2.04. The van der Waals surface area contributed by atoms with Gasteiger partial charge in [0.25, 0.3) is 5.91 Å². The Hall–Kier alpha value is -3.16. The highest BCUT2D eigenvalue weighted by atomic mass is 16.7. The molecule has 1 aromatic carbocycles. The van der Waals surface area contributed by atoms with Crippen LogP contribution in [0.5, 0.6) is 0 Å². The number of anilines is 1. The van der Waals surface area contributed by atoms with Gasteiger partial charge in [-0.2, -0.15) is 0 Å². The van der Waals surface area contributed by atoms with Crippen molar-refractivity contribution in [2.45, 2.75) is 19.8 Å². The van der Waals surface area contributed by atoms with Crippen LogP contribution in [0.15, 0.2) is 40.8 Å². The first kappa shape index (κ1) is 17.2. The Bertz CT molecular complexity index is 765. The molecule has 8 nitrogen and oxygen atoms in total. The highest BCUT2D eigenvalue weighted by Gasteiger charge is 2.19. The molecule has 0 radical (unpaired) electrons. The third-order valence-corrected chi connectivity index (χ3v) is 3.16. The van der Waals surface area contributed by atoms with Crippen molar-refractivity contribution in [2.24, 2.45) is 0 Å². The highest BCUT2D eigenvalue weighted by Crippen LogP contribution is 2.23. The number of furan rings is 1. The Morgan fingerprint density at radius 1 is 1.25 bits per heavy atom. The van der Waals surface area contributed by atoms with Crippen LogP contribution < -0.4 is 5.32 Å². The number of hydrogen-bond donors (Lipinski definition) is 1. The van der Waals surface area contributed by atoms with Crippen LogP contribution in [-0.2, 0) is 9.53 Å². The lowest BCUT2D eigenvalue weighted by molar-refractivity contribution is -0.402. The second-order valence-electron chi connectivity index (χ2n) is 5.26. The van der Waals surface area contributed by atoms with E-state index in [0.29, 0.717) is 5.69 Å². The van der Waals surface area contributed by atoms with Crippen molar-refractivity contribution in [1.82, 2.24) is 0 Å². The maximum Gasteiger partial charge on any atom is 0.433 e. The number of benzene rings is 1. The number of nitro groups is 1. The summed E-state index contributed by atoms with van der Waals surface area (Å²) >= 11 is 0. The van der Waals surface area contributed by atoms with Crippen molar-refractivity contribution >= 4 is 23.4 Å². The van der Waals surface area contributed by atoms with Crippen molar-refractivity contribution in [3.8, 4) is 0 Å². The molecule has 2 rings (SSSR count). The van der Waals surface area contributed by atoms with E-state index < -0.39 is 29.3 Å². The van der Waals surface area contributed by atoms with Gasteiger partial charge in [0.1, 0.15) is 4.92 Å². The maximum atomic E-state index is 11.9. The molecule has 0 aliphatic heterocycles. The minimum absolute atomic E-state index is 0.215. The van der Waals surface area contributed by atoms with Gasteiger partial charge in [-0.15, -0.1) is 0 Å². The number of hydrogen-bond acceptors (Lipinski definition) is 6. The summed E-state index contributed by atoms with van der Waals surface area (Å²) in [5.41, 5.74) is 1.60. The molecule has 0 aliphatic rings. The number of ether oxygens (including phenoxy) is 1. The SMILES string of the molecule is CC(C)c1ccccc1NC(=O)COC(=O)c1ccc([N+](=O)[O-])o1. The zero-order valence-electron chi connectivity index (χ0n) is 13.1. The van der Waals surface area contributed by atoms with E-state index in [-0.39, 0.29) is 11.7 Å². The van der Waals surface area contributed by atoms with Crippen molar-refractivity contribution < 1.29 is 23.7 Å². The second kappa shape index (κ2) is 7.40. The number of nitrogens with zero attached hydrogens (tertiary/aromatic N) is 1. The van der Waals surface area contributed by atoms with Crippen LogP contribution in [0.25, 0.3) is 0 Å². The zero-order chi connectivity index (χ0) is 17.7. The van der Waals surface area contributed by atoms with Crippen LogP contribution in [-0.4, -0.2) is 23.4 Å². The van der Waals surface area contributed by atoms with Gasteiger partial charge in [-0.1, -0.05) is 32.0 Å². The van der Waals surface area contributed by atoms with Gasteiger partial charge in [-0.3, -0.25) is 14.9 Å². The van der Waals surface area contributed by atoms with Crippen molar-refractivity contribution in [2.75, 3.05) is 11.9 Å². The van der Waals surface area contributed by atoms with Crippen LogP contribution in [0.2, 0.25) is 0 Å². The Kier molecular flexibility index (Phi) is 5.31. The molecule has 1 aromatic heterocycles. The molecule has 8 heteroatoms. The molecule has 0 fully saturated rings. The molecule has 0 bridgehead atoms. The van der Waals surface area contributed by atoms with E-state index in [9.17, 15) is 19.7 Å². The molecule has 0 saturated heterocycles. The van der Waals surface area contributed by atoms with Gasteiger partial charge in [0, 0.05) is 5.69 Å². The van der Waals surface area contributed by atoms with Gasteiger partial charge in [0.15, 0.2) is 6.61 Å². The first-order chi connectivity index (χ1) is 11.4. The Morgan fingerprint density at radius 3 is 2.58 bits per heavy atom. The quantitative estimate of drug-likeness (QED) is 0.494. The number of amides is 1. The number of para-hydroxylation sites is 1. The van der Waals surface area contributed by atoms with Crippen LogP contribution in [0, 0.1) is 10.1 Å². The summed E-state index contributed by atoms with van der Waals surface area (Å²) in [7, 11) is 0. The summed E-state index contributed by atoms with van der Waals surface area (Å²) in [6.07, 6.45) is 0. The van der Waals surface area contributed by atoms with Crippen LogP contribution >= 0.6 is 0 Å². The third kappa shape index (κ3) is 4.19. The summed E-state index contributed by atoms with van der Waals surface area (Å²) < 4.78 is 9.49. The van der Waals surface area contributed by atoms with E-state index in [4.69, 9.17) is 9.15 Å². The number of nitrogens with one attached hydrogen (secondary N) is 1. The molecule has 1 heterocycles. The molecule has 2 aromatic rings. The van der Waals surface area contributed by atoms with Crippen LogP contribution in [0.1, 0.15) is 35.9 Å². The largest absolute Gasteiger partial charge is 0.450 e.